The molecule has 2 saturated heterocycles. The van der Waals surface area contributed by atoms with Crippen LogP contribution in [-0.2, 0) is 4.74 Å². The molecular weight excluding hydrogens is 160 g/mol. The first-order valence-electron chi connectivity index (χ1n) is 4.10. The Hall–Kier alpha value is -0.810. The first-order chi connectivity index (χ1) is 5.81. The van der Waals surface area contributed by atoms with E-state index in [1.807, 2.05) is 0 Å². The van der Waals surface area contributed by atoms with Gasteiger partial charge in [0, 0.05) is 19.0 Å². The quantitative estimate of drug-likeness (QED) is 0.458. The number of carbonyl (C=O) groups is 1. The number of rotatable bonds is 1. The van der Waals surface area contributed by atoms with E-state index in [9.17, 15) is 4.79 Å². The van der Waals surface area contributed by atoms with Gasteiger partial charge in [-0.1, -0.05) is 0 Å². The van der Waals surface area contributed by atoms with Gasteiger partial charge < -0.3 is 20.5 Å². The minimum atomic E-state index is -0.368. The molecule has 5 nitrogen and oxygen atoms in total. The molecule has 0 spiro atoms. The lowest BCUT2D eigenvalue weighted by atomic mass is 9.94. The zero-order valence-electron chi connectivity index (χ0n) is 6.62. The van der Waals surface area contributed by atoms with E-state index in [2.05, 4.69) is 10.6 Å². The number of hydrogen-bond donors (Lipinski definition) is 3. The number of ether oxygens (including phenoxy) is 1. The van der Waals surface area contributed by atoms with Crippen LogP contribution in [0.25, 0.3) is 0 Å². The van der Waals surface area contributed by atoms with Gasteiger partial charge in [-0.2, -0.15) is 0 Å². The Labute approximate surface area is 70.1 Å². The van der Waals surface area contributed by atoms with Crippen LogP contribution in [0.5, 0.6) is 0 Å². The number of piperidine rings is 1. The van der Waals surface area contributed by atoms with Gasteiger partial charge in [-0.15, -0.1) is 0 Å². The summed E-state index contributed by atoms with van der Waals surface area (Å²) >= 11 is 0. The van der Waals surface area contributed by atoms with Crippen molar-refractivity contribution in [2.75, 3.05) is 19.7 Å². The molecular formula is C7H12N2O3. The summed E-state index contributed by atoms with van der Waals surface area (Å²) < 4.78 is 5.02. The van der Waals surface area contributed by atoms with Crippen LogP contribution in [0.1, 0.15) is 0 Å². The van der Waals surface area contributed by atoms with Crippen LogP contribution in [-0.4, -0.2) is 43.0 Å². The van der Waals surface area contributed by atoms with Gasteiger partial charge >= 0.3 is 6.09 Å². The molecule has 0 saturated carbocycles. The Bertz CT molecular complexity index is 197. The zero-order chi connectivity index (χ0) is 8.55. The maximum atomic E-state index is 10.8. The third-order valence-corrected chi connectivity index (χ3v) is 2.41. The van der Waals surface area contributed by atoms with E-state index >= 15 is 0 Å². The molecule has 0 unspecified atom stereocenters. The number of aliphatic hydroxyl groups is 1. The molecule has 68 valence electrons. The third-order valence-electron chi connectivity index (χ3n) is 2.41. The SMILES string of the molecule is O=C1N[C@@H]2CNC[C@H](CO)[C@H]2O1. The number of alkyl carbamates (subject to hydrolysis) is 1. The van der Waals surface area contributed by atoms with Gasteiger partial charge in [0.25, 0.3) is 0 Å². The number of fused-ring (bicyclic) bond motifs is 1. The summed E-state index contributed by atoms with van der Waals surface area (Å²) in [4.78, 5) is 10.8. The second-order valence-electron chi connectivity index (χ2n) is 3.22. The number of aliphatic hydroxyl groups excluding tert-OH is 1. The topological polar surface area (TPSA) is 70.6 Å². The summed E-state index contributed by atoms with van der Waals surface area (Å²) in [6.45, 7) is 1.50. The number of amides is 1. The van der Waals surface area contributed by atoms with E-state index in [1.54, 1.807) is 0 Å². The van der Waals surface area contributed by atoms with Gasteiger partial charge in [0.2, 0.25) is 0 Å². The van der Waals surface area contributed by atoms with Crippen molar-refractivity contribution >= 4 is 6.09 Å². The Kier molecular flexibility index (Phi) is 1.90. The molecule has 2 rings (SSSR count). The van der Waals surface area contributed by atoms with E-state index in [1.165, 1.54) is 0 Å². The monoisotopic (exact) mass is 172 g/mol. The molecule has 3 N–H and O–H groups in total. The lowest BCUT2D eigenvalue weighted by molar-refractivity contribution is 0.0468. The van der Waals surface area contributed by atoms with Gasteiger partial charge in [-0.3, -0.25) is 0 Å². The van der Waals surface area contributed by atoms with E-state index in [0.29, 0.717) is 6.54 Å². The molecule has 3 atom stereocenters. The molecule has 0 radical (unpaired) electrons. The lowest BCUT2D eigenvalue weighted by Crippen LogP contribution is -2.53. The Morgan fingerprint density at radius 1 is 1.58 bits per heavy atom. The highest BCUT2D eigenvalue weighted by atomic mass is 16.6. The van der Waals surface area contributed by atoms with Gasteiger partial charge in [-0.25, -0.2) is 4.79 Å². The van der Waals surface area contributed by atoms with Crippen molar-refractivity contribution in [3.63, 3.8) is 0 Å². The molecule has 2 heterocycles. The van der Waals surface area contributed by atoms with Crippen molar-refractivity contribution in [1.29, 1.82) is 0 Å². The Morgan fingerprint density at radius 2 is 2.42 bits per heavy atom. The molecule has 2 aliphatic heterocycles. The highest BCUT2D eigenvalue weighted by molar-refractivity contribution is 5.70. The molecule has 2 aliphatic rings. The van der Waals surface area contributed by atoms with Gasteiger partial charge in [0.15, 0.2) is 0 Å². The van der Waals surface area contributed by atoms with Crippen LogP contribution in [0.15, 0.2) is 0 Å². The fourth-order valence-corrected chi connectivity index (χ4v) is 1.77. The van der Waals surface area contributed by atoms with Crippen LogP contribution < -0.4 is 10.6 Å². The van der Waals surface area contributed by atoms with Crippen molar-refractivity contribution in [1.82, 2.24) is 10.6 Å². The van der Waals surface area contributed by atoms with Crippen molar-refractivity contribution in [2.45, 2.75) is 12.1 Å². The van der Waals surface area contributed by atoms with Crippen molar-refractivity contribution in [2.24, 2.45) is 5.92 Å². The van der Waals surface area contributed by atoms with E-state index in [4.69, 9.17) is 9.84 Å². The summed E-state index contributed by atoms with van der Waals surface area (Å²) in [7, 11) is 0. The van der Waals surface area contributed by atoms with Crippen LogP contribution in [0, 0.1) is 5.92 Å². The van der Waals surface area contributed by atoms with Crippen molar-refractivity contribution in [3.05, 3.63) is 0 Å². The molecule has 0 aliphatic carbocycles. The molecule has 12 heavy (non-hydrogen) atoms. The average Bonchev–Trinajstić information content (AvgIpc) is 2.44. The molecule has 1 amide bonds. The summed E-state index contributed by atoms with van der Waals surface area (Å²) in [6, 6.07) is 0.0309. The third kappa shape index (κ3) is 1.15. The van der Waals surface area contributed by atoms with E-state index in [0.717, 1.165) is 6.54 Å². The summed E-state index contributed by atoms with van der Waals surface area (Å²) in [5.41, 5.74) is 0. The van der Waals surface area contributed by atoms with Crippen molar-refractivity contribution in [3.8, 4) is 0 Å². The molecule has 2 fully saturated rings. The van der Waals surface area contributed by atoms with Crippen molar-refractivity contribution < 1.29 is 14.6 Å². The minimum absolute atomic E-state index is 0.0303. The summed E-state index contributed by atoms with van der Waals surface area (Å²) in [6.07, 6.45) is -0.518. The van der Waals surface area contributed by atoms with Crippen LogP contribution in [0.3, 0.4) is 0 Å². The number of nitrogens with one attached hydrogen (secondary N) is 2. The largest absolute Gasteiger partial charge is 0.444 e. The van der Waals surface area contributed by atoms with Crippen LogP contribution in [0.4, 0.5) is 4.79 Å². The predicted molar refractivity (Wildman–Crippen MR) is 40.6 cm³/mol. The van der Waals surface area contributed by atoms with E-state index in [-0.39, 0.29) is 30.8 Å². The number of carbonyl (C=O) groups excluding carboxylic acids is 1. The van der Waals surface area contributed by atoms with Gasteiger partial charge in [0.1, 0.15) is 6.10 Å². The predicted octanol–water partition coefficient (Wildman–Crippen LogP) is -1.32. The molecule has 0 aromatic heterocycles. The highest BCUT2D eigenvalue weighted by Gasteiger charge is 2.41. The standard InChI is InChI=1S/C7H12N2O3/c10-3-4-1-8-2-5-6(4)12-7(11)9-5/h4-6,8,10H,1-3H2,(H,9,11)/t4-,5-,6-/m1/s1. The molecule has 0 bridgehead atoms. The normalized spacial score (nSPS) is 40.1. The average molecular weight is 172 g/mol. The van der Waals surface area contributed by atoms with Crippen LogP contribution in [0.2, 0.25) is 0 Å². The fraction of sp³-hybridized carbons (Fsp3) is 0.857. The minimum Gasteiger partial charge on any atom is -0.444 e. The van der Waals surface area contributed by atoms with Crippen LogP contribution >= 0.6 is 0 Å². The maximum Gasteiger partial charge on any atom is 0.407 e. The van der Waals surface area contributed by atoms with E-state index < -0.39 is 0 Å². The summed E-state index contributed by atoms with van der Waals surface area (Å²) in [5, 5.41) is 14.8. The van der Waals surface area contributed by atoms with Gasteiger partial charge in [0.05, 0.1) is 12.6 Å². The lowest BCUT2D eigenvalue weighted by Gasteiger charge is -2.30. The van der Waals surface area contributed by atoms with Gasteiger partial charge in [-0.05, 0) is 0 Å². The molecule has 0 aromatic carbocycles. The smallest absolute Gasteiger partial charge is 0.407 e. The summed E-state index contributed by atoms with van der Waals surface area (Å²) in [5.74, 6) is 0.0303. The fourth-order valence-electron chi connectivity index (χ4n) is 1.77. The first kappa shape index (κ1) is 7.82. The number of hydrogen-bond acceptors (Lipinski definition) is 4. The molecule has 5 heteroatoms. The second kappa shape index (κ2) is 2.91. The highest BCUT2D eigenvalue weighted by Crippen LogP contribution is 2.19. The second-order valence-corrected chi connectivity index (χ2v) is 3.22. The zero-order valence-corrected chi connectivity index (χ0v) is 6.62. The Balaban J connectivity index is 2.07. The maximum absolute atomic E-state index is 10.8. The molecule has 0 aromatic rings. The Morgan fingerprint density at radius 3 is 3.17 bits per heavy atom. The first-order valence-corrected chi connectivity index (χ1v) is 4.10.